The molecule has 3 N–H and O–H groups in total. The van der Waals surface area contributed by atoms with Crippen LogP contribution in [0, 0.1) is 6.92 Å². The monoisotopic (exact) mass is 382 g/mol. The molecule has 0 saturated heterocycles. The van der Waals surface area contributed by atoms with Gasteiger partial charge >= 0.3 is 0 Å². The number of nitrogens with two attached hydrogens (primary N) is 1. The van der Waals surface area contributed by atoms with Gasteiger partial charge in [0.25, 0.3) is 0 Å². The third-order valence-corrected chi connectivity index (χ3v) is 3.83. The highest BCUT2D eigenvalue weighted by Crippen LogP contribution is 2.23. The molecule has 2 aromatic carbocycles. The van der Waals surface area contributed by atoms with Crippen molar-refractivity contribution in [1.29, 1.82) is 0 Å². The maximum absolute atomic E-state index is 11.9. The highest BCUT2D eigenvalue weighted by atomic mass is 35.5. The Morgan fingerprint density at radius 1 is 1.28 bits per heavy atom. The Hall–Kier alpha value is -1.75. The number of aryl methyl sites for hydroxylation is 1. The summed E-state index contributed by atoms with van der Waals surface area (Å²) in [5, 5.41) is 3.60. The summed E-state index contributed by atoms with van der Waals surface area (Å²) < 4.78 is 5.78. The topological polar surface area (TPSA) is 64.3 Å². The van der Waals surface area contributed by atoms with Gasteiger partial charge in [-0.1, -0.05) is 23.7 Å². The summed E-state index contributed by atoms with van der Waals surface area (Å²) in [5.74, 6) is 0.726. The first-order valence-electron chi connectivity index (χ1n) is 7.97. The van der Waals surface area contributed by atoms with E-state index in [1.54, 1.807) is 0 Å². The van der Waals surface area contributed by atoms with Crippen molar-refractivity contribution in [3.05, 3.63) is 58.6 Å². The first-order valence-corrected chi connectivity index (χ1v) is 8.35. The Morgan fingerprint density at radius 2 is 2.04 bits per heavy atom. The fourth-order valence-electron chi connectivity index (χ4n) is 2.23. The van der Waals surface area contributed by atoms with E-state index in [4.69, 9.17) is 22.1 Å². The van der Waals surface area contributed by atoms with Crippen LogP contribution in [-0.4, -0.2) is 11.9 Å². The number of benzene rings is 2. The summed E-state index contributed by atoms with van der Waals surface area (Å²) in [5.41, 5.74) is 8.42. The quantitative estimate of drug-likeness (QED) is 0.728. The van der Waals surface area contributed by atoms with Crippen molar-refractivity contribution in [3.8, 4) is 5.75 Å². The molecule has 0 fully saturated rings. The van der Waals surface area contributed by atoms with E-state index in [0.29, 0.717) is 24.5 Å². The molecule has 0 aliphatic heterocycles. The Bertz CT molecular complexity index is 706. The number of nitrogens with one attached hydrogen (secondary N) is 1. The van der Waals surface area contributed by atoms with E-state index in [2.05, 4.69) is 5.32 Å². The number of hydrogen-bond acceptors (Lipinski definition) is 3. The molecule has 0 radical (unpaired) electrons. The smallest absolute Gasteiger partial charge is 0.224 e. The van der Waals surface area contributed by atoms with E-state index in [1.807, 2.05) is 56.3 Å². The van der Waals surface area contributed by atoms with Crippen molar-refractivity contribution < 1.29 is 9.53 Å². The second-order valence-electron chi connectivity index (χ2n) is 5.96. The summed E-state index contributed by atoms with van der Waals surface area (Å²) in [6.07, 6.45) is 1.09. The van der Waals surface area contributed by atoms with Crippen LogP contribution < -0.4 is 15.8 Å². The van der Waals surface area contributed by atoms with E-state index in [9.17, 15) is 4.79 Å². The minimum Gasteiger partial charge on any atom is -0.489 e. The standard InChI is InChI=1S/C19H23ClN2O2.ClH/c1-13-10-17(24-12-15-4-3-5-16(20)11-15)7-8-18(13)22-19(23)9-6-14(2)21;/h3-5,7-8,10-11,14H,6,9,12,21H2,1-2H3,(H,22,23);1H. The van der Waals surface area contributed by atoms with Crippen LogP contribution in [0.1, 0.15) is 30.9 Å². The normalized spacial score (nSPS) is 11.4. The van der Waals surface area contributed by atoms with Gasteiger partial charge in [-0.3, -0.25) is 4.79 Å². The minimum absolute atomic E-state index is 0. The summed E-state index contributed by atoms with van der Waals surface area (Å²) in [7, 11) is 0. The molecule has 0 spiro atoms. The SMILES string of the molecule is Cc1cc(OCc2cccc(Cl)c2)ccc1NC(=O)CCC(C)N.Cl. The lowest BCUT2D eigenvalue weighted by atomic mass is 10.1. The van der Waals surface area contributed by atoms with Gasteiger partial charge in [0.15, 0.2) is 0 Å². The number of rotatable bonds is 7. The van der Waals surface area contributed by atoms with Gasteiger partial charge in [0.05, 0.1) is 0 Å². The molecule has 2 rings (SSSR count). The van der Waals surface area contributed by atoms with Crippen molar-refractivity contribution >= 4 is 35.6 Å². The van der Waals surface area contributed by atoms with Crippen LogP contribution in [0.25, 0.3) is 0 Å². The zero-order valence-electron chi connectivity index (χ0n) is 14.4. The number of carbonyl (C=O) groups excluding carboxylic acids is 1. The molecule has 136 valence electrons. The summed E-state index contributed by atoms with van der Waals surface area (Å²) in [4.78, 5) is 11.9. The molecule has 4 nitrogen and oxygen atoms in total. The predicted molar refractivity (Wildman–Crippen MR) is 106 cm³/mol. The Kier molecular flexibility index (Phi) is 8.76. The third-order valence-electron chi connectivity index (χ3n) is 3.59. The van der Waals surface area contributed by atoms with Gasteiger partial charge in [-0.2, -0.15) is 0 Å². The van der Waals surface area contributed by atoms with Crippen LogP contribution in [0.5, 0.6) is 5.75 Å². The lowest BCUT2D eigenvalue weighted by molar-refractivity contribution is -0.116. The average Bonchev–Trinajstić information content (AvgIpc) is 2.53. The number of carbonyl (C=O) groups is 1. The van der Waals surface area contributed by atoms with E-state index in [0.717, 1.165) is 22.6 Å². The van der Waals surface area contributed by atoms with E-state index in [-0.39, 0.29) is 24.4 Å². The minimum atomic E-state index is -0.0250. The maximum Gasteiger partial charge on any atom is 0.224 e. The first kappa shape index (κ1) is 21.3. The Morgan fingerprint density at radius 3 is 2.68 bits per heavy atom. The van der Waals surface area contributed by atoms with Crippen LogP contribution in [0.3, 0.4) is 0 Å². The number of anilines is 1. The van der Waals surface area contributed by atoms with Gasteiger partial charge < -0.3 is 15.8 Å². The molecular weight excluding hydrogens is 359 g/mol. The molecule has 0 bridgehead atoms. The van der Waals surface area contributed by atoms with Gasteiger partial charge in [-0.25, -0.2) is 0 Å². The molecule has 0 aromatic heterocycles. The largest absolute Gasteiger partial charge is 0.489 e. The van der Waals surface area contributed by atoms with E-state index >= 15 is 0 Å². The van der Waals surface area contributed by atoms with Crippen molar-refractivity contribution in [2.75, 3.05) is 5.32 Å². The number of hydrogen-bond donors (Lipinski definition) is 2. The van der Waals surface area contributed by atoms with Gasteiger partial charge in [0.2, 0.25) is 5.91 Å². The molecule has 0 aliphatic rings. The molecule has 6 heteroatoms. The zero-order valence-corrected chi connectivity index (χ0v) is 16.0. The highest BCUT2D eigenvalue weighted by molar-refractivity contribution is 6.30. The summed E-state index contributed by atoms with van der Waals surface area (Å²) in [6.45, 7) is 4.28. The van der Waals surface area contributed by atoms with Crippen LogP contribution in [0.2, 0.25) is 5.02 Å². The molecule has 25 heavy (non-hydrogen) atoms. The summed E-state index contributed by atoms with van der Waals surface area (Å²) >= 11 is 5.96. The van der Waals surface area contributed by atoms with Gasteiger partial charge in [-0.05, 0) is 61.7 Å². The van der Waals surface area contributed by atoms with Crippen molar-refractivity contribution in [2.24, 2.45) is 5.73 Å². The molecule has 0 heterocycles. The number of ether oxygens (including phenoxy) is 1. The fourth-order valence-corrected chi connectivity index (χ4v) is 2.44. The maximum atomic E-state index is 11.9. The predicted octanol–water partition coefficient (Wildman–Crippen LogP) is 4.72. The van der Waals surface area contributed by atoms with E-state index in [1.165, 1.54) is 0 Å². The zero-order chi connectivity index (χ0) is 17.5. The second-order valence-corrected chi connectivity index (χ2v) is 6.40. The molecule has 0 saturated carbocycles. The van der Waals surface area contributed by atoms with E-state index < -0.39 is 0 Å². The van der Waals surface area contributed by atoms with Crippen molar-refractivity contribution in [3.63, 3.8) is 0 Å². The highest BCUT2D eigenvalue weighted by Gasteiger charge is 2.07. The van der Waals surface area contributed by atoms with Crippen LogP contribution in [0.4, 0.5) is 5.69 Å². The number of halogens is 2. The van der Waals surface area contributed by atoms with Gasteiger partial charge in [0.1, 0.15) is 12.4 Å². The molecule has 0 aliphatic carbocycles. The average molecular weight is 383 g/mol. The second kappa shape index (κ2) is 10.3. The summed E-state index contributed by atoms with van der Waals surface area (Å²) in [6, 6.07) is 13.2. The van der Waals surface area contributed by atoms with Crippen molar-refractivity contribution in [1.82, 2.24) is 0 Å². The lowest BCUT2D eigenvalue weighted by Gasteiger charge is -2.12. The van der Waals surface area contributed by atoms with Gasteiger partial charge in [0, 0.05) is 23.2 Å². The van der Waals surface area contributed by atoms with Crippen LogP contribution in [-0.2, 0) is 11.4 Å². The third kappa shape index (κ3) is 7.34. The van der Waals surface area contributed by atoms with Crippen molar-refractivity contribution in [2.45, 2.75) is 39.3 Å². The molecule has 1 amide bonds. The lowest BCUT2D eigenvalue weighted by Crippen LogP contribution is -2.19. The number of amides is 1. The van der Waals surface area contributed by atoms with Gasteiger partial charge in [-0.15, -0.1) is 12.4 Å². The first-order chi connectivity index (χ1) is 11.4. The molecule has 2 aromatic rings. The molecular formula is C19H24Cl2N2O2. The molecule has 1 atom stereocenters. The van der Waals surface area contributed by atoms with Crippen LogP contribution in [0.15, 0.2) is 42.5 Å². The Labute approximate surface area is 160 Å². The Balaban J connectivity index is 0.00000312. The fraction of sp³-hybridized carbons (Fsp3) is 0.316. The molecule has 1 unspecified atom stereocenters. The van der Waals surface area contributed by atoms with Crippen LogP contribution >= 0.6 is 24.0 Å².